The summed E-state index contributed by atoms with van der Waals surface area (Å²) in [5.74, 6) is 1.51. The van der Waals surface area contributed by atoms with Crippen molar-refractivity contribution in [2.24, 2.45) is 0 Å². The predicted molar refractivity (Wildman–Crippen MR) is 121 cm³/mol. The molecule has 0 aromatic rings. The SMILES string of the molecule is CCCCOC1=CC(N2CCOCC2)=C(OCCCC)CC1=[N+]=[N-].O=S(=O)(O)O.O=S(=O)(O)O. The van der Waals surface area contributed by atoms with Crippen LogP contribution in [-0.4, -0.2) is 90.0 Å². The van der Waals surface area contributed by atoms with E-state index in [1.165, 1.54) is 0 Å². The van der Waals surface area contributed by atoms with E-state index in [0.717, 1.165) is 50.2 Å². The average molecular weight is 532 g/mol. The monoisotopic (exact) mass is 531 g/mol. The standard InChI is InChI=1S/C18H29N3O3.2H2O4S/c1-3-5-9-23-17-14-16(21-7-11-22-12-8-21)18(13-15(17)20-19)24-10-6-4-2;2*1-5(2,3)4/h14H,3-13H2,1-2H3;2*(H2,1,2,3,4). The normalized spacial score (nSPS) is 16.4. The van der Waals surface area contributed by atoms with Crippen molar-refractivity contribution in [1.82, 2.24) is 4.90 Å². The highest BCUT2D eigenvalue weighted by atomic mass is 32.3. The van der Waals surface area contributed by atoms with Gasteiger partial charge < -0.3 is 24.6 Å². The van der Waals surface area contributed by atoms with Crippen LogP contribution in [-0.2, 0) is 35.0 Å². The lowest BCUT2D eigenvalue weighted by molar-refractivity contribution is -0.0145. The lowest BCUT2D eigenvalue weighted by atomic mass is 10.0. The Kier molecular flexibility index (Phi) is 15.6. The van der Waals surface area contributed by atoms with Crippen molar-refractivity contribution in [3.8, 4) is 0 Å². The first-order chi connectivity index (χ1) is 15.8. The number of ether oxygens (including phenoxy) is 3. The molecule has 16 heteroatoms. The molecule has 1 aliphatic carbocycles. The van der Waals surface area contributed by atoms with Gasteiger partial charge in [0.25, 0.3) is 0 Å². The fourth-order valence-electron chi connectivity index (χ4n) is 2.69. The van der Waals surface area contributed by atoms with E-state index < -0.39 is 20.8 Å². The van der Waals surface area contributed by atoms with Crippen molar-refractivity contribution in [1.29, 1.82) is 0 Å². The Morgan fingerprint density at radius 2 is 1.44 bits per heavy atom. The van der Waals surface area contributed by atoms with Gasteiger partial charge in [0.15, 0.2) is 0 Å². The topological polar surface area (TPSA) is 217 Å². The molecule has 0 amide bonds. The molecule has 0 bridgehead atoms. The highest BCUT2D eigenvalue weighted by Crippen LogP contribution is 2.27. The number of unbranched alkanes of at least 4 members (excludes halogenated alkanes) is 2. The van der Waals surface area contributed by atoms with Gasteiger partial charge in [0.1, 0.15) is 12.2 Å². The smallest absolute Gasteiger partial charge is 0.394 e. The highest BCUT2D eigenvalue weighted by molar-refractivity contribution is 7.80. The molecule has 1 aliphatic heterocycles. The van der Waals surface area contributed by atoms with E-state index in [0.29, 0.717) is 44.3 Å². The third-order valence-corrected chi connectivity index (χ3v) is 4.17. The summed E-state index contributed by atoms with van der Waals surface area (Å²) >= 11 is 0. The van der Waals surface area contributed by atoms with Gasteiger partial charge >= 0.3 is 26.5 Å². The summed E-state index contributed by atoms with van der Waals surface area (Å²) in [6.45, 7) is 8.67. The van der Waals surface area contributed by atoms with Crippen LogP contribution in [0.3, 0.4) is 0 Å². The quantitative estimate of drug-likeness (QED) is 0.145. The first-order valence-electron chi connectivity index (χ1n) is 10.4. The lowest BCUT2D eigenvalue weighted by Crippen LogP contribution is -2.37. The zero-order valence-corrected chi connectivity index (χ0v) is 20.8. The maximum absolute atomic E-state index is 9.36. The van der Waals surface area contributed by atoms with Crippen LogP contribution in [0.1, 0.15) is 46.0 Å². The van der Waals surface area contributed by atoms with Gasteiger partial charge in [-0.3, -0.25) is 18.2 Å². The zero-order chi connectivity index (χ0) is 26.2. The van der Waals surface area contributed by atoms with Gasteiger partial charge in [0.05, 0.1) is 32.1 Å². The van der Waals surface area contributed by atoms with E-state index in [9.17, 15) is 5.53 Å². The summed E-state index contributed by atoms with van der Waals surface area (Å²) in [7, 11) is -9.33. The van der Waals surface area contributed by atoms with Crippen LogP contribution < -0.4 is 0 Å². The molecule has 0 unspecified atom stereocenters. The van der Waals surface area contributed by atoms with E-state index >= 15 is 0 Å². The maximum Gasteiger partial charge on any atom is 0.394 e. The van der Waals surface area contributed by atoms with E-state index in [1.54, 1.807) is 0 Å². The fourth-order valence-corrected chi connectivity index (χ4v) is 2.69. The second-order valence-corrected chi connectivity index (χ2v) is 8.73. The minimum Gasteiger partial charge on any atom is -0.495 e. The molecule has 1 saturated heterocycles. The average Bonchev–Trinajstić information content (AvgIpc) is 2.72. The van der Waals surface area contributed by atoms with E-state index in [1.807, 2.05) is 6.08 Å². The van der Waals surface area contributed by atoms with Crippen molar-refractivity contribution in [2.75, 3.05) is 39.5 Å². The Morgan fingerprint density at radius 3 is 1.88 bits per heavy atom. The van der Waals surface area contributed by atoms with Gasteiger partial charge in [-0.1, -0.05) is 26.7 Å². The molecule has 0 aromatic heterocycles. The number of nitrogens with zero attached hydrogens (tertiary/aromatic N) is 3. The number of rotatable bonds is 9. The van der Waals surface area contributed by atoms with Gasteiger partial charge in [-0.05, 0) is 12.8 Å². The van der Waals surface area contributed by atoms with Gasteiger partial charge in [0, 0.05) is 19.2 Å². The fraction of sp³-hybridized carbons (Fsp3) is 0.722. The second kappa shape index (κ2) is 16.6. The molecule has 0 aromatic carbocycles. The molecule has 2 aliphatic rings. The molecule has 1 fully saturated rings. The van der Waals surface area contributed by atoms with Crippen LogP contribution in [0.4, 0.5) is 0 Å². The molecule has 0 saturated carbocycles. The maximum atomic E-state index is 9.36. The number of morpholine rings is 1. The minimum atomic E-state index is -4.67. The molecule has 0 spiro atoms. The Morgan fingerprint density at radius 1 is 0.971 bits per heavy atom. The summed E-state index contributed by atoms with van der Waals surface area (Å²) in [5, 5.41) is 0. The van der Waals surface area contributed by atoms with Gasteiger partial charge in [-0.2, -0.15) is 21.6 Å². The molecular formula is C18H33N3O11S2. The summed E-state index contributed by atoms with van der Waals surface area (Å²) in [5.41, 5.74) is 10.9. The summed E-state index contributed by atoms with van der Waals surface area (Å²) < 4.78 is 80.5. The first kappa shape index (κ1) is 32.0. The molecule has 4 N–H and O–H groups in total. The summed E-state index contributed by atoms with van der Waals surface area (Å²) in [6, 6.07) is 0. The third-order valence-electron chi connectivity index (χ3n) is 4.17. The van der Waals surface area contributed by atoms with Crippen LogP contribution in [0.25, 0.3) is 5.53 Å². The van der Waals surface area contributed by atoms with Crippen molar-refractivity contribution in [2.45, 2.75) is 46.0 Å². The molecule has 34 heavy (non-hydrogen) atoms. The number of allylic oxidation sites excluding steroid dienone is 3. The molecule has 0 atom stereocenters. The number of hydrogen-bond acceptors (Lipinski definition) is 8. The van der Waals surface area contributed by atoms with Crippen LogP contribution in [0.15, 0.2) is 23.3 Å². The Bertz CT molecular complexity index is 888. The largest absolute Gasteiger partial charge is 0.495 e. The molecule has 14 nitrogen and oxygen atoms in total. The van der Waals surface area contributed by atoms with E-state index in [4.69, 9.17) is 49.3 Å². The Labute approximate surface area is 200 Å². The van der Waals surface area contributed by atoms with E-state index in [-0.39, 0.29) is 0 Å². The van der Waals surface area contributed by atoms with Gasteiger partial charge in [-0.25, -0.2) is 0 Å². The number of hydrogen-bond donors (Lipinski definition) is 4. The van der Waals surface area contributed by atoms with Gasteiger partial charge in [-0.15, -0.1) is 0 Å². The van der Waals surface area contributed by atoms with Crippen molar-refractivity contribution in [3.63, 3.8) is 0 Å². The Balaban J connectivity index is 0.000000916. The van der Waals surface area contributed by atoms with Crippen LogP contribution in [0, 0.1) is 0 Å². The minimum absolute atomic E-state index is 0.463. The lowest BCUT2D eigenvalue weighted by Gasteiger charge is -2.32. The molecule has 1 heterocycles. The highest BCUT2D eigenvalue weighted by Gasteiger charge is 2.31. The summed E-state index contributed by atoms with van der Waals surface area (Å²) in [4.78, 5) is 5.70. The predicted octanol–water partition coefficient (Wildman–Crippen LogP) is 1.82. The summed E-state index contributed by atoms with van der Waals surface area (Å²) in [6.07, 6.45) is 6.56. The zero-order valence-electron chi connectivity index (χ0n) is 19.2. The Hall–Kier alpha value is -2.04. The van der Waals surface area contributed by atoms with Crippen molar-refractivity contribution in [3.05, 3.63) is 28.8 Å². The third kappa shape index (κ3) is 17.4. The van der Waals surface area contributed by atoms with Crippen molar-refractivity contribution < 1.29 is 54.0 Å². The van der Waals surface area contributed by atoms with Crippen LogP contribution in [0.5, 0.6) is 0 Å². The molecule has 2 rings (SSSR count). The van der Waals surface area contributed by atoms with E-state index in [2.05, 4.69) is 23.5 Å². The van der Waals surface area contributed by atoms with Gasteiger partial charge in [0.2, 0.25) is 5.76 Å². The van der Waals surface area contributed by atoms with Crippen LogP contribution >= 0.6 is 0 Å². The molecule has 0 radical (unpaired) electrons. The molecular weight excluding hydrogens is 498 g/mol. The van der Waals surface area contributed by atoms with Crippen molar-refractivity contribution >= 4 is 26.5 Å². The first-order valence-corrected chi connectivity index (χ1v) is 13.2. The van der Waals surface area contributed by atoms with Crippen LogP contribution in [0.2, 0.25) is 0 Å². The molecule has 198 valence electrons. The second-order valence-electron chi connectivity index (χ2n) is 6.94.